The molecule has 0 fully saturated rings. The highest BCUT2D eigenvalue weighted by Gasteiger charge is 2.16. The number of phenols is 1. The normalized spacial score (nSPS) is 9.95. The third kappa shape index (κ3) is 2.16. The minimum absolute atomic E-state index is 0.0106. The Balaban J connectivity index is 2.87. The van der Waals surface area contributed by atoms with Gasteiger partial charge in [0.1, 0.15) is 17.4 Å². The van der Waals surface area contributed by atoms with Crippen molar-refractivity contribution in [2.24, 2.45) is 0 Å². The van der Waals surface area contributed by atoms with E-state index in [-0.39, 0.29) is 11.3 Å². The van der Waals surface area contributed by atoms with Crippen molar-refractivity contribution in [1.82, 2.24) is 4.98 Å². The van der Waals surface area contributed by atoms with E-state index in [9.17, 15) is 9.90 Å². The van der Waals surface area contributed by atoms with Crippen LogP contribution in [0.15, 0.2) is 29.1 Å². The first-order chi connectivity index (χ1) is 9.08. The second-order valence-corrected chi connectivity index (χ2v) is 4.13. The summed E-state index contributed by atoms with van der Waals surface area (Å²) in [5.41, 5.74) is 1.69. The molecule has 0 aliphatic heterocycles. The van der Waals surface area contributed by atoms with Gasteiger partial charge >= 0.3 is 0 Å². The summed E-state index contributed by atoms with van der Waals surface area (Å²) in [6.45, 7) is 1.73. The number of nitriles is 1. The molecule has 0 bridgehead atoms. The van der Waals surface area contributed by atoms with Crippen molar-refractivity contribution in [2.45, 2.75) is 6.92 Å². The van der Waals surface area contributed by atoms with Crippen LogP contribution in [-0.4, -0.2) is 17.1 Å². The topological polar surface area (TPSA) is 88.9 Å². The maximum atomic E-state index is 11.8. The monoisotopic (exact) mass is 255 g/mol. The van der Waals surface area contributed by atoms with Crippen LogP contribution in [0.3, 0.4) is 0 Å². The number of aromatic hydroxyl groups is 1. The van der Waals surface area contributed by atoms with E-state index in [1.807, 2.05) is 6.07 Å². The maximum Gasteiger partial charge on any atom is 0.266 e. The number of hydrogen-bond acceptors (Lipinski definition) is 4. The third-order valence-electron chi connectivity index (χ3n) is 2.86. The van der Waals surface area contributed by atoms with Gasteiger partial charge in [0.2, 0.25) is 0 Å². The van der Waals surface area contributed by atoms with Crippen molar-refractivity contribution in [2.75, 3.05) is 12.4 Å². The van der Waals surface area contributed by atoms with Gasteiger partial charge in [0.15, 0.2) is 0 Å². The Hall–Kier alpha value is -2.74. The van der Waals surface area contributed by atoms with Gasteiger partial charge < -0.3 is 15.4 Å². The van der Waals surface area contributed by atoms with Gasteiger partial charge in [0, 0.05) is 29.6 Å². The minimum Gasteiger partial charge on any atom is -0.507 e. The van der Waals surface area contributed by atoms with Crippen LogP contribution in [-0.2, 0) is 0 Å². The molecule has 1 aromatic carbocycles. The molecule has 0 radical (unpaired) electrons. The molecule has 3 N–H and O–H groups in total. The van der Waals surface area contributed by atoms with Crippen LogP contribution in [0.4, 0.5) is 5.69 Å². The van der Waals surface area contributed by atoms with E-state index >= 15 is 0 Å². The molecule has 0 saturated carbocycles. The van der Waals surface area contributed by atoms with Gasteiger partial charge in [-0.05, 0) is 25.1 Å². The smallest absolute Gasteiger partial charge is 0.266 e. The molecule has 0 amide bonds. The van der Waals surface area contributed by atoms with Crippen LogP contribution < -0.4 is 10.9 Å². The summed E-state index contributed by atoms with van der Waals surface area (Å²) < 4.78 is 0. The van der Waals surface area contributed by atoms with E-state index in [0.717, 1.165) is 0 Å². The molecule has 96 valence electrons. The largest absolute Gasteiger partial charge is 0.507 e. The highest BCUT2D eigenvalue weighted by Crippen LogP contribution is 2.36. The number of aromatic amines is 1. The average molecular weight is 255 g/mol. The summed E-state index contributed by atoms with van der Waals surface area (Å²) in [6, 6.07) is 8.55. The number of rotatable bonds is 2. The summed E-state index contributed by atoms with van der Waals surface area (Å²) in [6.07, 6.45) is 0. The lowest BCUT2D eigenvalue weighted by Gasteiger charge is -2.12. The van der Waals surface area contributed by atoms with Crippen molar-refractivity contribution >= 4 is 5.69 Å². The zero-order valence-corrected chi connectivity index (χ0v) is 10.6. The molecule has 5 heteroatoms. The van der Waals surface area contributed by atoms with Gasteiger partial charge in [0.05, 0.1) is 0 Å². The Bertz CT molecular complexity index is 726. The quantitative estimate of drug-likeness (QED) is 0.765. The van der Waals surface area contributed by atoms with Gasteiger partial charge in [0.25, 0.3) is 5.56 Å². The second kappa shape index (κ2) is 4.86. The van der Waals surface area contributed by atoms with Crippen LogP contribution in [0.1, 0.15) is 11.3 Å². The summed E-state index contributed by atoms with van der Waals surface area (Å²) in [5.74, 6) is 0.0216. The van der Waals surface area contributed by atoms with Crippen molar-refractivity contribution < 1.29 is 5.11 Å². The lowest BCUT2D eigenvalue weighted by atomic mass is 9.98. The van der Waals surface area contributed by atoms with Crippen LogP contribution in [0.25, 0.3) is 11.1 Å². The fourth-order valence-corrected chi connectivity index (χ4v) is 2.03. The number of anilines is 1. The maximum absolute atomic E-state index is 11.8. The Morgan fingerprint density at radius 2 is 2.16 bits per heavy atom. The predicted molar refractivity (Wildman–Crippen MR) is 73.2 cm³/mol. The van der Waals surface area contributed by atoms with Crippen LogP contribution in [0.2, 0.25) is 0 Å². The Kier molecular flexibility index (Phi) is 3.25. The molecule has 1 aromatic heterocycles. The lowest BCUT2D eigenvalue weighted by Crippen LogP contribution is -2.13. The van der Waals surface area contributed by atoms with E-state index < -0.39 is 5.56 Å². The first-order valence-electron chi connectivity index (χ1n) is 5.72. The number of aryl methyl sites for hydroxylation is 1. The molecule has 0 saturated heterocycles. The molecular weight excluding hydrogens is 242 g/mol. The van der Waals surface area contributed by atoms with Crippen LogP contribution >= 0.6 is 0 Å². The first kappa shape index (κ1) is 12.7. The highest BCUT2D eigenvalue weighted by molar-refractivity contribution is 5.85. The third-order valence-corrected chi connectivity index (χ3v) is 2.86. The first-order valence-corrected chi connectivity index (χ1v) is 5.72. The number of hydrogen-bond donors (Lipinski definition) is 3. The lowest BCUT2D eigenvalue weighted by molar-refractivity contribution is 0.477. The zero-order valence-electron chi connectivity index (χ0n) is 10.6. The highest BCUT2D eigenvalue weighted by atomic mass is 16.3. The number of H-pyrrole nitrogens is 1. The minimum atomic E-state index is -0.456. The van der Waals surface area contributed by atoms with Gasteiger partial charge in [-0.2, -0.15) is 5.26 Å². The van der Waals surface area contributed by atoms with Crippen LogP contribution in [0.5, 0.6) is 5.75 Å². The van der Waals surface area contributed by atoms with E-state index in [1.165, 1.54) is 6.07 Å². The van der Waals surface area contributed by atoms with E-state index in [2.05, 4.69) is 10.3 Å². The zero-order chi connectivity index (χ0) is 14.0. The SMILES string of the molecule is CNc1cccc(O)c1-c1cc(C)[nH]c(=O)c1C#N. The average Bonchev–Trinajstić information content (AvgIpc) is 2.37. The molecule has 2 aromatic rings. The van der Waals surface area contributed by atoms with Crippen molar-refractivity contribution in [1.29, 1.82) is 5.26 Å². The van der Waals surface area contributed by atoms with Gasteiger partial charge in [-0.25, -0.2) is 0 Å². The van der Waals surface area contributed by atoms with Gasteiger partial charge in [-0.3, -0.25) is 4.79 Å². The molecule has 19 heavy (non-hydrogen) atoms. The summed E-state index contributed by atoms with van der Waals surface area (Å²) in [7, 11) is 1.71. The molecule has 0 aliphatic carbocycles. The molecule has 0 unspecified atom stereocenters. The molecule has 2 rings (SSSR count). The second-order valence-electron chi connectivity index (χ2n) is 4.13. The van der Waals surface area contributed by atoms with Crippen molar-refractivity contribution in [3.63, 3.8) is 0 Å². The molecule has 0 atom stereocenters. The Morgan fingerprint density at radius 3 is 2.79 bits per heavy atom. The van der Waals surface area contributed by atoms with Crippen molar-refractivity contribution in [3.05, 3.63) is 45.9 Å². The van der Waals surface area contributed by atoms with Crippen molar-refractivity contribution in [3.8, 4) is 22.9 Å². The molecular formula is C14H13N3O2. The number of nitrogens with zero attached hydrogens (tertiary/aromatic N) is 1. The molecule has 1 heterocycles. The Morgan fingerprint density at radius 1 is 1.42 bits per heavy atom. The Labute approximate surface area is 110 Å². The predicted octanol–water partition coefficient (Wildman–Crippen LogP) is 1.97. The number of aromatic nitrogens is 1. The standard InChI is InChI=1S/C14H13N3O2/c1-8-6-9(10(7-15)14(19)17-8)13-11(16-2)4-3-5-12(13)18/h3-6,16,18H,1-2H3,(H,17,19). The summed E-state index contributed by atoms with van der Waals surface area (Å²) in [4.78, 5) is 14.4. The number of nitrogens with one attached hydrogen (secondary N) is 2. The van der Waals surface area contributed by atoms with E-state index in [1.54, 1.807) is 32.2 Å². The van der Waals surface area contributed by atoms with Crippen LogP contribution in [0, 0.1) is 18.3 Å². The summed E-state index contributed by atoms with van der Waals surface area (Å²) in [5, 5.41) is 22.1. The molecule has 0 aliphatic rings. The van der Waals surface area contributed by atoms with E-state index in [4.69, 9.17) is 5.26 Å². The number of pyridine rings is 1. The number of phenolic OH excluding ortho intramolecular Hbond substituents is 1. The van der Waals surface area contributed by atoms with E-state index in [0.29, 0.717) is 22.5 Å². The fraction of sp³-hybridized carbons (Fsp3) is 0.143. The molecule has 5 nitrogen and oxygen atoms in total. The van der Waals surface area contributed by atoms with Gasteiger partial charge in [-0.15, -0.1) is 0 Å². The molecule has 0 spiro atoms. The number of benzene rings is 1. The fourth-order valence-electron chi connectivity index (χ4n) is 2.03. The van der Waals surface area contributed by atoms with Gasteiger partial charge in [-0.1, -0.05) is 6.07 Å². The summed E-state index contributed by atoms with van der Waals surface area (Å²) >= 11 is 0.